The minimum absolute atomic E-state index is 0.442. The van der Waals surface area contributed by atoms with E-state index in [9.17, 15) is 5.11 Å². The Morgan fingerprint density at radius 1 is 0.920 bits per heavy atom. The summed E-state index contributed by atoms with van der Waals surface area (Å²) in [5.41, 5.74) is 2.04. The Morgan fingerprint density at radius 2 is 1.40 bits per heavy atom. The molecule has 2 aromatic rings. The molecule has 0 heterocycles. The first-order valence-electron chi connectivity index (χ1n) is 9.22. The molecule has 0 saturated heterocycles. The van der Waals surface area contributed by atoms with E-state index in [0.29, 0.717) is 12.6 Å². The lowest BCUT2D eigenvalue weighted by molar-refractivity contribution is -0.0709. The van der Waals surface area contributed by atoms with E-state index in [1.54, 1.807) is 7.11 Å². The van der Waals surface area contributed by atoms with E-state index in [-0.39, 0.29) is 0 Å². The molecule has 3 nitrogen and oxygen atoms in total. The van der Waals surface area contributed by atoms with Crippen LogP contribution in [0.1, 0.15) is 36.8 Å². The summed E-state index contributed by atoms with van der Waals surface area (Å²) in [6.45, 7) is 2.34. The van der Waals surface area contributed by atoms with E-state index in [0.717, 1.165) is 38.8 Å². The van der Waals surface area contributed by atoms with Crippen LogP contribution in [-0.2, 0) is 17.8 Å². The number of benzene rings is 2. The highest BCUT2D eigenvalue weighted by molar-refractivity contribution is 5.17. The zero-order valence-corrected chi connectivity index (χ0v) is 15.1. The van der Waals surface area contributed by atoms with Crippen molar-refractivity contribution in [3.63, 3.8) is 0 Å². The van der Waals surface area contributed by atoms with Gasteiger partial charge in [0, 0.05) is 26.2 Å². The second-order valence-electron chi connectivity index (χ2n) is 7.26. The van der Waals surface area contributed by atoms with Gasteiger partial charge in [-0.15, -0.1) is 0 Å². The van der Waals surface area contributed by atoms with Crippen LogP contribution in [0.3, 0.4) is 0 Å². The lowest BCUT2D eigenvalue weighted by Gasteiger charge is -2.40. The summed E-state index contributed by atoms with van der Waals surface area (Å²) in [5, 5.41) is 10.6. The number of hydrogen-bond acceptors (Lipinski definition) is 3. The summed E-state index contributed by atoms with van der Waals surface area (Å²) in [4.78, 5) is 2.57. The van der Waals surface area contributed by atoms with E-state index >= 15 is 0 Å². The molecule has 3 heteroatoms. The molecular weight excluding hydrogens is 310 g/mol. The maximum atomic E-state index is 10.6. The summed E-state index contributed by atoms with van der Waals surface area (Å²) in [6, 6.07) is 21.8. The average molecular weight is 339 g/mol. The Bertz CT molecular complexity index is 579. The van der Waals surface area contributed by atoms with Gasteiger partial charge in [-0.25, -0.2) is 0 Å². The maximum Gasteiger partial charge on any atom is 0.0881 e. The first kappa shape index (κ1) is 18.1. The monoisotopic (exact) mass is 339 g/mol. The molecule has 1 aliphatic rings. The molecule has 0 aromatic heterocycles. The predicted molar refractivity (Wildman–Crippen MR) is 101 cm³/mol. The molecule has 134 valence electrons. The summed E-state index contributed by atoms with van der Waals surface area (Å²) >= 11 is 0. The zero-order chi connectivity index (χ0) is 17.5. The summed E-state index contributed by atoms with van der Waals surface area (Å²) < 4.78 is 5.21. The molecule has 3 rings (SSSR count). The van der Waals surface area contributed by atoms with Gasteiger partial charge < -0.3 is 9.84 Å². The largest absolute Gasteiger partial charge is 0.387 e. The molecule has 1 aliphatic carbocycles. The van der Waals surface area contributed by atoms with Crippen LogP contribution in [0.2, 0.25) is 0 Å². The molecule has 0 bridgehead atoms. The summed E-state index contributed by atoms with van der Waals surface area (Å²) in [5.74, 6) is 0. The van der Waals surface area contributed by atoms with Gasteiger partial charge in [-0.05, 0) is 36.8 Å². The Kier molecular flexibility index (Phi) is 6.24. The van der Waals surface area contributed by atoms with Crippen LogP contribution in [0.25, 0.3) is 0 Å². The van der Waals surface area contributed by atoms with Crippen LogP contribution >= 0.6 is 0 Å². The Morgan fingerprint density at radius 3 is 1.84 bits per heavy atom. The SMILES string of the molecule is COCC1(O)CCC(N(Cc2ccccc2)Cc2ccccc2)CC1. The van der Waals surface area contributed by atoms with Crippen LogP contribution < -0.4 is 0 Å². The zero-order valence-electron chi connectivity index (χ0n) is 15.1. The smallest absolute Gasteiger partial charge is 0.0881 e. The van der Waals surface area contributed by atoms with Crippen molar-refractivity contribution in [1.29, 1.82) is 0 Å². The lowest BCUT2D eigenvalue weighted by atomic mass is 9.82. The standard InChI is InChI=1S/C22H29NO2/c1-25-18-22(24)14-12-21(13-15-22)23(16-19-8-4-2-5-9-19)17-20-10-6-3-7-11-20/h2-11,21,24H,12-18H2,1H3. The molecule has 0 spiro atoms. The van der Waals surface area contributed by atoms with Crippen molar-refractivity contribution in [3.05, 3.63) is 71.8 Å². The number of hydrogen-bond donors (Lipinski definition) is 1. The summed E-state index contributed by atoms with van der Waals surface area (Å²) in [6.07, 6.45) is 3.65. The van der Waals surface area contributed by atoms with Crippen LogP contribution in [0.4, 0.5) is 0 Å². The number of rotatable bonds is 7. The fourth-order valence-electron chi connectivity index (χ4n) is 3.87. The molecule has 25 heavy (non-hydrogen) atoms. The molecule has 0 amide bonds. The third-order valence-corrected chi connectivity index (χ3v) is 5.27. The van der Waals surface area contributed by atoms with Gasteiger partial charge in [0.1, 0.15) is 0 Å². The molecule has 1 fully saturated rings. The topological polar surface area (TPSA) is 32.7 Å². The summed E-state index contributed by atoms with van der Waals surface area (Å²) in [7, 11) is 1.67. The average Bonchev–Trinajstić information content (AvgIpc) is 2.64. The van der Waals surface area contributed by atoms with E-state index in [2.05, 4.69) is 65.6 Å². The van der Waals surface area contributed by atoms with E-state index in [1.165, 1.54) is 11.1 Å². The van der Waals surface area contributed by atoms with E-state index in [4.69, 9.17) is 4.74 Å². The van der Waals surface area contributed by atoms with Gasteiger partial charge in [0.05, 0.1) is 12.2 Å². The molecule has 1 saturated carbocycles. The number of aliphatic hydroxyl groups is 1. The predicted octanol–water partition coefficient (Wildman–Crippen LogP) is 4.01. The van der Waals surface area contributed by atoms with Gasteiger partial charge in [-0.1, -0.05) is 60.7 Å². The molecule has 0 atom stereocenters. The van der Waals surface area contributed by atoms with Crippen LogP contribution in [0.15, 0.2) is 60.7 Å². The van der Waals surface area contributed by atoms with Crippen molar-refractivity contribution < 1.29 is 9.84 Å². The second-order valence-corrected chi connectivity index (χ2v) is 7.26. The Labute approximate surface area is 151 Å². The minimum atomic E-state index is -0.642. The van der Waals surface area contributed by atoms with Crippen LogP contribution in [-0.4, -0.2) is 35.4 Å². The quantitative estimate of drug-likeness (QED) is 0.827. The number of ether oxygens (including phenoxy) is 1. The van der Waals surface area contributed by atoms with Gasteiger partial charge in [0.2, 0.25) is 0 Å². The van der Waals surface area contributed by atoms with E-state index < -0.39 is 5.60 Å². The number of methoxy groups -OCH3 is 1. The third-order valence-electron chi connectivity index (χ3n) is 5.27. The van der Waals surface area contributed by atoms with Crippen molar-refractivity contribution in [3.8, 4) is 0 Å². The van der Waals surface area contributed by atoms with Crippen molar-refractivity contribution in [2.75, 3.05) is 13.7 Å². The maximum absolute atomic E-state index is 10.6. The molecular formula is C22H29NO2. The first-order valence-corrected chi connectivity index (χ1v) is 9.22. The van der Waals surface area contributed by atoms with Crippen LogP contribution in [0.5, 0.6) is 0 Å². The highest BCUT2D eigenvalue weighted by atomic mass is 16.5. The normalized spacial score (nSPS) is 23.7. The fourth-order valence-corrected chi connectivity index (χ4v) is 3.87. The van der Waals surface area contributed by atoms with Crippen molar-refractivity contribution >= 4 is 0 Å². The minimum Gasteiger partial charge on any atom is -0.387 e. The van der Waals surface area contributed by atoms with Gasteiger partial charge in [0.25, 0.3) is 0 Å². The molecule has 0 unspecified atom stereocenters. The fraction of sp³-hybridized carbons (Fsp3) is 0.455. The highest BCUT2D eigenvalue weighted by Crippen LogP contribution is 2.32. The second kappa shape index (κ2) is 8.61. The van der Waals surface area contributed by atoms with Gasteiger partial charge in [-0.2, -0.15) is 0 Å². The van der Waals surface area contributed by atoms with Gasteiger partial charge in [0.15, 0.2) is 0 Å². The first-order chi connectivity index (χ1) is 12.2. The molecule has 1 N–H and O–H groups in total. The third kappa shape index (κ3) is 5.15. The highest BCUT2D eigenvalue weighted by Gasteiger charge is 2.35. The van der Waals surface area contributed by atoms with Gasteiger partial charge >= 0.3 is 0 Å². The van der Waals surface area contributed by atoms with Crippen molar-refractivity contribution in [2.24, 2.45) is 0 Å². The Hall–Kier alpha value is -1.68. The van der Waals surface area contributed by atoms with Gasteiger partial charge in [-0.3, -0.25) is 4.90 Å². The Balaban J connectivity index is 1.70. The lowest BCUT2D eigenvalue weighted by Crippen LogP contribution is -2.45. The molecule has 0 radical (unpaired) electrons. The number of nitrogens with zero attached hydrogens (tertiary/aromatic N) is 1. The van der Waals surface area contributed by atoms with Crippen molar-refractivity contribution in [2.45, 2.75) is 50.4 Å². The van der Waals surface area contributed by atoms with E-state index in [1.807, 2.05) is 0 Å². The molecule has 2 aromatic carbocycles. The van der Waals surface area contributed by atoms with Crippen LogP contribution in [0, 0.1) is 0 Å². The molecule has 0 aliphatic heterocycles. The van der Waals surface area contributed by atoms with Crippen molar-refractivity contribution in [1.82, 2.24) is 4.90 Å².